The molecule has 3 heteroatoms. The van der Waals surface area contributed by atoms with Gasteiger partial charge in [-0.15, -0.1) is 0 Å². The molecule has 3 nitrogen and oxygen atoms in total. The predicted octanol–water partition coefficient (Wildman–Crippen LogP) is 18.8. The second-order valence-electron chi connectivity index (χ2n) is 19.8. The van der Waals surface area contributed by atoms with Gasteiger partial charge in [-0.1, -0.05) is 117 Å². The first kappa shape index (κ1) is 41.6. The molecule has 4 aliphatic carbocycles. The minimum atomic E-state index is 0.708. The van der Waals surface area contributed by atoms with E-state index in [2.05, 4.69) is 215 Å². The molecule has 12 rings (SSSR count). The average molecular weight is 872 g/mol. The Hall–Kier alpha value is -6.84. The van der Waals surface area contributed by atoms with Gasteiger partial charge in [0.1, 0.15) is 0 Å². The standard InChI is InChI=1S/C64H61N3/c1-2-8-46(9-3-1)51-18-28-60(29-19-51)67(63-42-38-61(39-43-63)65(56-30-20-52(21-31-56)47-10-4-11-47)57-32-22-53(23-33-57)48-12-5-13-48)64-44-40-62(41-45-64)66(58-34-24-54(25-35-58)49-14-6-15-49)59-36-26-55(27-37-59)50-16-7-17-50/h1-3,8-9,18-45,47-50H,4-7,10-17H2. The first-order chi connectivity index (χ1) is 33.2. The molecule has 0 saturated heterocycles. The largest absolute Gasteiger partial charge is 0.311 e. The lowest BCUT2D eigenvalue weighted by molar-refractivity contribution is 0.420. The monoisotopic (exact) mass is 871 g/mol. The minimum absolute atomic E-state index is 0.708. The Morgan fingerprint density at radius 3 is 0.612 bits per heavy atom. The van der Waals surface area contributed by atoms with Gasteiger partial charge in [0, 0.05) is 51.2 Å². The fourth-order valence-corrected chi connectivity index (χ4v) is 10.8. The predicted molar refractivity (Wildman–Crippen MR) is 282 cm³/mol. The van der Waals surface area contributed by atoms with E-state index >= 15 is 0 Å². The third-order valence-electron chi connectivity index (χ3n) is 15.9. The minimum Gasteiger partial charge on any atom is -0.311 e. The van der Waals surface area contributed by atoms with Crippen molar-refractivity contribution in [2.75, 3.05) is 14.7 Å². The average Bonchev–Trinajstić information content (AvgIpc) is 3.31. The second kappa shape index (κ2) is 18.4. The highest BCUT2D eigenvalue weighted by Gasteiger charge is 2.25. The molecule has 0 unspecified atom stereocenters. The molecule has 8 aromatic rings. The third-order valence-corrected chi connectivity index (χ3v) is 15.9. The van der Waals surface area contributed by atoms with Gasteiger partial charge in [0.25, 0.3) is 0 Å². The Morgan fingerprint density at radius 2 is 0.403 bits per heavy atom. The lowest BCUT2D eigenvalue weighted by atomic mass is 9.80. The van der Waals surface area contributed by atoms with E-state index in [0.29, 0.717) is 23.7 Å². The van der Waals surface area contributed by atoms with Gasteiger partial charge in [0.2, 0.25) is 0 Å². The maximum atomic E-state index is 2.43. The van der Waals surface area contributed by atoms with Crippen molar-refractivity contribution in [1.82, 2.24) is 0 Å². The Labute approximate surface area is 398 Å². The summed E-state index contributed by atoms with van der Waals surface area (Å²) in [5, 5.41) is 0. The van der Waals surface area contributed by atoms with Crippen LogP contribution in [0.3, 0.4) is 0 Å². The van der Waals surface area contributed by atoms with Crippen molar-refractivity contribution < 1.29 is 0 Å². The van der Waals surface area contributed by atoms with Crippen LogP contribution in [0, 0.1) is 0 Å². The Kier molecular flexibility index (Phi) is 11.4. The van der Waals surface area contributed by atoms with Crippen LogP contribution >= 0.6 is 0 Å². The zero-order valence-corrected chi connectivity index (χ0v) is 38.7. The van der Waals surface area contributed by atoms with Crippen LogP contribution in [-0.4, -0.2) is 0 Å². The second-order valence-corrected chi connectivity index (χ2v) is 19.8. The van der Waals surface area contributed by atoms with E-state index in [1.165, 1.54) is 133 Å². The summed E-state index contributed by atoms with van der Waals surface area (Å²) in [6.45, 7) is 0. The molecular formula is C64H61N3. The topological polar surface area (TPSA) is 9.72 Å². The van der Waals surface area contributed by atoms with Gasteiger partial charge in [-0.3, -0.25) is 0 Å². The van der Waals surface area contributed by atoms with Crippen molar-refractivity contribution in [2.45, 2.75) is 101 Å². The summed E-state index contributed by atoms with van der Waals surface area (Å²) < 4.78 is 0. The summed E-state index contributed by atoms with van der Waals surface area (Å²) in [5.74, 6) is 2.83. The number of anilines is 9. The van der Waals surface area contributed by atoms with Crippen LogP contribution in [0.2, 0.25) is 0 Å². The van der Waals surface area contributed by atoms with E-state index in [-0.39, 0.29) is 0 Å². The van der Waals surface area contributed by atoms with Gasteiger partial charge in [0.15, 0.2) is 0 Å². The number of benzene rings is 8. The van der Waals surface area contributed by atoms with Crippen LogP contribution in [0.1, 0.15) is 123 Å². The van der Waals surface area contributed by atoms with Gasteiger partial charge < -0.3 is 14.7 Å². The molecule has 8 aromatic carbocycles. The van der Waals surface area contributed by atoms with Gasteiger partial charge >= 0.3 is 0 Å². The summed E-state index contributed by atoms with van der Waals surface area (Å²) in [6.07, 6.45) is 15.8. The van der Waals surface area contributed by atoms with Gasteiger partial charge in [-0.2, -0.15) is 0 Å². The SMILES string of the molecule is c1ccc(-c2ccc(N(c3ccc(N(c4ccc(C5CCC5)cc4)c4ccc(C5CCC5)cc4)cc3)c3ccc(N(c4ccc(C5CCC5)cc4)c4ccc(C5CCC5)cc4)cc3)cc2)cc1. The lowest BCUT2D eigenvalue weighted by Crippen LogP contribution is -2.14. The van der Waals surface area contributed by atoms with Crippen LogP contribution in [0.15, 0.2) is 200 Å². The van der Waals surface area contributed by atoms with Gasteiger partial charge in [0.05, 0.1) is 0 Å². The highest BCUT2D eigenvalue weighted by molar-refractivity contribution is 5.84. The van der Waals surface area contributed by atoms with Crippen molar-refractivity contribution >= 4 is 51.2 Å². The molecule has 0 N–H and O–H groups in total. The zero-order valence-electron chi connectivity index (χ0n) is 38.7. The molecule has 0 amide bonds. The van der Waals surface area contributed by atoms with Crippen molar-refractivity contribution in [3.63, 3.8) is 0 Å². The molecule has 0 atom stereocenters. The van der Waals surface area contributed by atoms with Gasteiger partial charge in [-0.25, -0.2) is 0 Å². The molecule has 0 aromatic heterocycles. The van der Waals surface area contributed by atoms with Crippen LogP contribution in [0.25, 0.3) is 11.1 Å². The number of rotatable bonds is 14. The summed E-state index contributed by atoms with van der Waals surface area (Å²) in [7, 11) is 0. The van der Waals surface area contributed by atoms with Crippen molar-refractivity contribution in [3.05, 3.63) is 222 Å². The maximum absolute atomic E-state index is 2.43. The quantitative estimate of drug-likeness (QED) is 0.108. The molecule has 4 fully saturated rings. The Morgan fingerprint density at radius 1 is 0.209 bits per heavy atom. The summed E-state index contributed by atoms with van der Waals surface area (Å²) >= 11 is 0. The third kappa shape index (κ3) is 8.46. The molecule has 4 aliphatic rings. The number of hydrogen-bond acceptors (Lipinski definition) is 3. The van der Waals surface area contributed by atoms with Crippen LogP contribution in [0.5, 0.6) is 0 Å². The van der Waals surface area contributed by atoms with E-state index in [4.69, 9.17) is 0 Å². The first-order valence-electron chi connectivity index (χ1n) is 25.3. The molecule has 332 valence electrons. The highest BCUT2D eigenvalue weighted by atomic mass is 15.2. The highest BCUT2D eigenvalue weighted by Crippen LogP contribution is 2.45. The Bertz CT molecular complexity index is 2590. The van der Waals surface area contributed by atoms with Gasteiger partial charge in [-0.05, 0) is 218 Å². The Balaban J connectivity index is 0.903. The van der Waals surface area contributed by atoms with Crippen molar-refractivity contribution in [3.8, 4) is 11.1 Å². The summed E-state index contributed by atoms with van der Waals surface area (Å²) in [4.78, 5) is 7.26. The molecule has 0 spiro atoms. The lowest BCUT2D eigenvalue weighted by Gasteiger charge is -2.31. The molecule has 4 saturated carbocycles. The first-order valence-corrected chi connectivity index (χ1v) is 25.3. The molecule has 0 radical (unpaired) electrons. The van der Waals surface area contributed by atoms with E-state index in [1.807, 2.05) is 0 Å². The van der Waals surface area contributed by atoms with Crippen molar-refractivity contribution in [1.29, 1.82) is 0 Å². The molecule has 0 bridgehead atoms. The smallest absolute Gasteiger partial charge is 0.0463 e. The van der Waals surface area contributed by atoms with E-state index < -0.39 is 0 Å². The fourth-order valence-electron chi connectivity index (χ4n) is 10.8. The maximum Gasteiger partial charge on any atom is 0.0463 e. The van der Waals surface area contributed by atoms with Crippen molar-refractivity contribution in [2.24, 2.45) is 0 Å². The number of nitrogens with zero attached hydrogens (tertiary/aromatic N) is 3. The molecule has 67 heavy (non-hydrogen) atoms. The normalized spacial score (nSPS) is 16.3. The van der Waals surface area contributed by atoms with E-state index in [9.17, 15) is 0 Å². The molecular weight excluding hydrogens is 811 g/mol. The zero-order chi connectivity index (χ0) is 44.5. The van der Waals surface area contributed by atoms with Crippen LogP contribution in [-0.2, 0) is 0 Å². The molecule has 0 heterocycles. The number of hydrogen-bond donors (Lipinski definition) is 0. The van der Waals surface area contributed by atoms with Crippen LogP contribution in [0.4, 0.5) is 51.2 Å². The summed E-state index contributed by atoms with van der Waals surface area (Å²) in [5.41, 5.74) is 18.7. The van der Waals surface area contributed by atoms with Crippen LogP contribution < -0.4 is 14.7 Å². The molecule has 0 aliphatic heterocycles. The van der Waals surface area contributed by atoms with E-state index in [1.54, 1.807) is 0 Å². The van der Waals surface area contributed by atoms with E-state index in [0.717, 1.165) is 28.4 Å². The fraction of sp³-hybridized carbons (Fsp3) is 0.250. The summed E-state index contributed by atoms with van der Waals surface area (Å²) in [6, 6.07) is 75.7.